The number of aliphatic imine (C=N–C) groups is 1. The maximum Gasteiger partial charge on any atom is 0.417 e. The summed E-state index contributed by atoms with van der Waals surface area (Å²) in [5.41, 5.74) is -3.29. The van der Waals surface area contributed by atoms with Gasteiger partial charge in [-0.2, -0.15) is 27.2 Å². The van der Waals surface area contributed by atoms with E-state index in [1.165, 1.54) is 6.07 Å². The summed E-state index contributed by atoms with van der Waals surface area (Å²) in [7, 11) is 0. The van der Waals surface area contributed by atoms with E-state index in [2.05, 4.69) is 9.73 Å². The maximum atomic E-state index is 14.7. The number of nitriles is 1. The largest absolute Gasteiger partial charge is 0.431 e. The van der Waals surface area contributed by atoms with Crippen LogP contribution in [0.5, 0.6) is 0 Å². The van der Waals surface area contributed by atoms with Gasteiger partial charge in [-0.05, 0) is 30.5 Å². The molecule has 0 amide bonds. The fraction of sp³-hybridized carbons (Fsp3) is 0.368. The highest BCUT2D eigenvalue weighted by Crippen LogP contribution is 2.50. The minimum atomic E-state index is -4.83. The predicted octanol–water partition coefficient (Wildman–Crippen LogP) is 4.99. The van der Waals surface area contributed by atoms with E-state index in [1.807, 2.05) is 0 Å². The summed E-state index contributed by atoms with van der Waals surface area (Å²) in [4.78, 5) is 5.31. The molecule has 4 nitrogen and oxygen atoms in total. The summed E-state index contributed by atoms with van der Waals surface area (Å²) >= 11 is 0. The van der Waals surface area contributed by atoms with Crippen LogP contribution in [0.15, 0.2) is 40.7 Å². The Labute approximate surface area is 165 Å². The highest BCUT2D eigenvalue weighted by Gasteiger charge is 2.50. The van der Waals surface area contributed by atoms with Gasteiger partial charge in [0, 0.05) is 11.8 Å². The first-order valence-corrected chi connectivity index (χ1v) is 8.75. The molecule has 2 heterocycles. The first-order chi connectivity index (χ1) is 14.1. The van der Waals surface area contributed by atoms with E-state index in [9.17, 15) is 30.7 Å². The van der Waals surface area contributed by atoms with Crippen LogP contribution >= 0.6 is 0 Å². The molecule has 0 fully saturated rings. The lowest BCUT2D eigenvalue weighted by molar-refractivity contribution is -0.0981. The van der Waals surface area contributed by atoms with Crippen molar-refractivity contribution in [2.24, 2.45) is 4.99 Å². The third kappa shape index (κ3) is 3.11. The van der Waals surface area contributed by atoms with Crippen LogP contribution in [0.2, 0.25) is 0 Å². The molecule has 2 aliphatic heterocycles. The summed E-state index contributed by atoms with van der Waals surface area (Å²) in [6.45, 7) is -3.65. The van der Waals surface area contributed by atoms with E-state index >= 15 is 0 Å². The number of benzene rings is 1. The van der Waals surface area contributed by atoms with Crippen molar-refractivity contribution in [2.75, 3.05) is 6.54 Å². The monoisotopic (exact) mass is 431 g/mol. The Balaban J connectivity index is 1.85. The van der Waals surface area contributed by atoms with Crippen molar-refractivity contribution in [1.82, 2.24) is 4.90 Å². The van der Waals surface area contributed by atoms with Crippen LogP contribution in [-0.2, 0) is 10.3 Å². The minimum Gasteiger partial charge on any atom is -0.431 e. The smallest absolute Gasteiger partial charge is 0.417 e. The van der Waals surface area contributed by atoms with Crippen LogP contribution < -0.4 is 0 Å². The number of halogens is 7. The van der Waals surface area contributed by atoms with E-state index in [4.69, 9.17) is 5.26 Å². The van der Waals surface area contributed by atoms with E-state index in [-0.39, 0.29) is 41.9 Å². The van der Waals surface area contributed by atoms with E-state index in [1.54, 1.807) is 6.07 Å². The average molecular weight is 431 g/mol. The van der Waals surface area contributed by atoms with Crippen LogP contribution in [0, 0.1) is 17.1 Å². The molecular formula is C19H12F7N3O. The van der Waals surface area contributed by atoms with Crippen molar-refractivity contribution in [3.8, 4) is 6.07 Å². The Morgan fingerprint density at radius 3 is 2.67 bits per heavy atom. The highest BCUT2D eigenvalue weighted by atomic mass is 19.4. The van der Waals surface area contributed by atoms with E-state index in [0.717, 1.165) is 11.0 Å². The van der Waals surface area contributed by atoms with Crippen LogP contribution in [0.25, 0.3) is 0 Å². The Morgan fingerprint density at radius 2 is 2.03 bits per heavy atom. The van der Waals surface area contributed by atoms with Gasteiger partial charge in [0.2, 0.25) is 0 Å². The third-order valence-electron chi connectivity index (χ3n) is 5.30. The Morgan fingerprint density at radius 1 is 1.30 bits per heavy atom. The normalized spacial score (nSPS) is 25.4. The fourth-order valence-electron chi connectivity index (χ4n) is 4.03. The van der Waals surface area contributed by atoms with E-state index < -0.39 is 41.6 Å². The molecule has 4 rings (SSSR count). The Hall–Kier alpha value is -3.03. The van der Waals surface area contributed by atoms with Crippen LogP contribution in [0.1, 0.15) is 35.7 Å². The van der Waals surface area contributed by atoms with Gasteiger partial charge in [-0.25, -0.2) is 8.78 Å². The molecular weight excluding hydrogens is 419 g/mol. The molecule has 1 aromatic carbocycles. The summed E-state index contributed by atoms with van der Waals surface area (Å²) in [5, 5.41) is 9.00. The summed E-state index contributed by atoms with van der Waals surface area (Å²) in [5.74, 6) is -2.12. The Kier molecular flexibility index (Phi) is 4.56. The Bertz CT molecular complexity index is 1040. The quantitative estimate of drug-likeness (QED) is 0.620. The number of rotatable bonds is 2. The molecule has 30 heavy (non-hydrogen) atoms. The zero-order chi connectivity index (χ0) is 21.8. The van der Waals surface area contributed by atoms with E-state index in [0.29, 0.717) is 12.3 Å². The second-order valence-corrected chi connectivity index (χ2v) is 7.07. The molecule has 158 valence electrons. The second-order valence-electron chi connectivity index (χ2n) is 7.07. The van der Waals surface area contributed by atoms with Gasteiger partial charge in [-0.3, -0.25) is 4.99 Å². The first-order valence-electron chi connectivity index (χ1n) is 8.75. The number of allylic oxidation sites excluding steroid dienone is 2. The molecule has 3 aliphatic rings. The van der Waals surface area contributed by atoms with Gasteiger partial charge in [0.05, 0.1) is 17.7 Å². The van der Waals surface area contributed by atoms with Gasteiger partial charge < -0.3 is 9.64 Å². The zero-order valence-electron chi connectivity index (χ0n) is 15.0. The summed E-state index contributed by atoms with van der Waals surface area (Å²) in [6.07, 6.45) is -5.64. The standard InChI is InChI=1S/C19H12F7N3O/c20-12-3-4-18(11-2-1-9(6-27)15(21)14(11)12)8-29-7-10(19(24,25)26)5-13(16(29)28-18)30-17(22)23/h1-2,5,7,12,17H,3-4,8H2/t12-,18?/m0/s1. The molecule has 0 radical (unpaired) electrons. The van der Waals surface area contributed by atoms with Gasteiger partial charge >= 0.3 is 12.8 Å². The molecule has 0 saturated carbocycles. The van der Waals surface area contributed by atoms with Gasteiger partial charge in [-0.1, -0.05) is 6.07 Å². The van der Waals surface area contributed by atoms with Crippen LogP contribution in [0.3, 0.4) is 0 Å². The molecule has 11 heteroatoms. The molecule has 1 spiro atoms. The topological polar surface area (TPSA) is 48.6 Å². The van der Waals surface area contributed by atoms with Crippen LogP contribution in [0.4, 0.5) is 30.7 Å². The van der Waals surface area contributed by atoms with Crippen molar-refractivity contribution < 1.29 is 35.5 Å². The number of alkyl halides is 6. The number of nitrogens with zero attached hydrogens (tertiary/aromatic N) is 3. The first kappa shape index (κ1) is 20.3. The van der Waals surface area contributed by atoms with Crippen molar-refractivity contribution in [3.05, 3.63) is 58.2 Å². The fourth-order valence-corrected chi connectivity index (χ4v) is 4.03. The molecule has 1 aromatic rings. The molecule has 0 N–H and O–H groups in total. The number of hydrogen-bond donors (Lipinski definition) is 0. The highest BCUT2D eigenvalue weighted by molar-refractivity contribution is 6.00. The lowest BCUT2D eigenvalue weighted by Crippen LogP contribution is -2.37. The maximum absolute atomic E-state index is 14.7. The number of amidine groups is 1. The predicted molar refractivity (Wildman–Crippen MR) is 89.3 cm³/mol. The van der Waals surface area contributed by atoms with Gasteiger partial charge in [0.15, 0.2) is 11.6 Å². The second kappa shape index (κ2) is 6.75. The molecule has 1 aliphatic carbocycles. The van der Waals surface area contributed by atoms with Crippen molar-refractivity contribution >= 4 is 5.84 Å². The van der Waals surface area contributed by atoms with Gasteiger partial charge in [-0.15, -0.1) is 0 Å². The molecule has 0 aromatic heterocycles. The van der Waals surface area contributed by atoms with Crippen molar-refractivity contribution in [1.29, 1.82) is 5.26 Å². The molecule has 2 atom stereocenters. The summed E-state index contributed by atoms with van der Waals surface area (Å²) < 4.78 is 98.7. The number of fused-ring (bicyclic) bond motifs is 3. The SMILES string of the molecule is N#Cc1ccc2c(c1F)[C@@H](F)CCC21CN2C=C(C(F)(F)F)C=C(OC(F)F)C2=N1. The third-order valence-corrected chi connectivity index (χ3v) is 5.30. The summed E-state index contributed by atoms with van der Waals surface area (Å²) in [6, 6.07) is 4.05. The lowest BCUT2D eigenvalue weighted by Gasteiger charge is -2.35. The molecule has 0 saturated heterocycles. The molecule has 0 bridgehead atoms. The minimum absolute atomic E-state index is 0.00363. The van der Waals surface area contributed by atoms with Crippen molar-refractivity contribution in [2.45, 2.75) is 37.3 Å². The van der Waals surface area contributed by atoms with Gasteiger partial charge in [0.1, 0.15) is 23.6 Å². The lowest BCUT2D eigenvalue weighted by atomic mass is 9.75. The number of ether oxygens (including phenoxy) is 1. The van der Waals surface area contributed by atoms with Crippen molar-refractivity contribution in [3.63, 3.8) is 0 Å². The van der Waals surface area contributed by atoms with Gasteiger partial charge in [0.25, 0.3) is 0 Å². The zero-order valence-corrected chi connectivity index (χ0v) is 15.0. The average Bonchev–Trinajstić information content (AvgIpc) is 3.03. The van der Waals surface area contributed by atoms with Crippen LogP contribution in [-0.4, -0.2) is 30.1 Å². The molecule has 1 unspecified atom stereocenters. The number of hydrogen-bond acceptors (Lipinski definition) is 4.